The van der Waals surface area contributed by atoms with Crippen molar-refractivity contribution < 1.29 is 14.4 Å². The fourth-order valence-corrected chi connectivity index (χ4v) is 1.20. The number of rotatable bonds is 4. The first-order valence-corrected chi connectivity index (χ1v) is 5.90. The Morgan fingerprint density at radius 2 is 1.89 bits per heavy atom. The Bertz CT molecular complexity index is 452. The van der Waals surface area contributed by atoms with Gasteiger partial charge in [-0.1, -0.05) is 36.7 Å². The molecule has 1 heterocycles. The lowest BCUT2D eigenvalue weighted by molar-refractivity contribution is 0.221. The van der Waals surface area contributed by atoms with Crippen molar-refractivity contribution in [2.24, 2.45) is 0 Å². The molecule has 2 rings (SSSR count). The fraction of sp³-hybridized carbons (Fsp3) is 0.385. The summed E-state index contributed by atoms with van der Waals surface area (Å²) < 4.78 is 10.2. The predicted octanol–water partition coefficient (Wildman–Crippen LogP) is 2.48. The van der Waals surface area contributed by atoms with Crippen LogP contribution in [0.25, 0.3) is 0 Å². The van der Waals surface area contributed by atoms with E-state index >= 15 is 0 Å². The van der Waals surface area contributed by atoms with E-state index in [-0.39, 0.29) is 19.1 Å². The molecule has 1 aromatic heterocycles. The molecule has 0 amide bonds. The lowest BCUT2D eigenvalue weighted by Crippen LogP contribution is -1.97. The molecule has 0 fully saturated rings. The summed E-state index contributed by atoms with van der Waals surface area (Å²) in [6.07, 6.45) is 0. The average molecular weight is 250 g/mol. The number of hydrogen-bond acceptors (Lipinski definition) is 5. The van der Waals surface area contributed by atoms with Crippen LogP contribution >= 0.6 is 0 Å². The summed E-state index contributed by atoms with van der Waals surface area (Å²) in [7, 11) is 0. The van der Waals surface area contributed by atoms with Crippen molar-refractivity contribution in [1.82, 2.24) is 10.1 Å². The van der Waals surface area contributed by atoms with Gasteiger partial charge in [-0.25, -0.2) is 0 Å². The molecule has 1 aromatic carbocycles. The lowest BCUT2D eigenvalue weighted by Gasteiger charge is -2.02. The Kier molecular flexibility index (Phi) is 5.87. The first-order chi connectivity index (χ1) is 8.78. The highest BCUT2D eigenvalue weighted by Crippen LogP contribution is 2.12. The van der Waals surface area contributed by atoms with Crippen molar-refractivity contribution in [3.63, 3.8) is 0 Å². The van der Waals surface area contributed by atoms with Crippen molar-refractivity contribution in [2.45, 2.75) is 34.0 Å². The third kappa shape index (κ3) is 4.18. The van der Waals surface area contributed by atoms with Crippen LogP contribution in [0.1, 0.15) is 31.1 Å². The Hall–Kier alpha value is -1.88. The lowest BCUT2D eigenvalue weighted by atomic mass is 10.2. The topological polar surface area (TPSA) is 68.4 Å². The summed E-state index contributed by atoms with van der Waals surface area (Å²) in [6, 6.07) is 7.68. The van der Waals surface area contributed by atoms with Gasteiger partial charge >= 0.3 is 0 Å². The normalized spacial score (nSPS) is 9.56. The van der Waals surface area contributed by atoms with E-state index in [2.05, 4.69) is 10.1 Å². The number of nitrogens with zero attached hydrogens (tertiary/aromatic N) is 2. The van der Waals surface area contributed by atoms with Gasteiger partial charge in [-0.05, 0) is 19.1 Å². The molecule has 0 aliphatic rings. The number of benzene rings is 1. The highest BCUT2D eigenvalue weighted by Gasteiger charge is 2.05. The molecular weight excluding hydrogens is 232 g/mol. The van der Waals surface area contributed by atoms with Gasteiger partial charge in [0.15, 0.2) is 6.61 Å². The molecule has 2 aromatic rings. The summed E-state index contributed by atoms with van der Waals surface area (Å²) in [5, 5.41) is 12.4. The standard InChI is InChI=1S/C11H12N2O3.C2H6/c1-8-2-4-9(5-3-8)15-7-10-12-11(6-14)16-13-10;1-2/h2-5,14H,6-7H2,1H3;1-2H3. The Balaban J connectivity index is 0.000000771. The SMILES string of the molecule is CC.Cc1ccc(OCc2noc(CO)n2)cc1. The number of hydrogen-bond donors (Lipinski definition) is 1. The molecule has 5 heteroatoms. The van der Waals surface area contributed by atoms with Crippen LogP contribution in [0.15, 0.2) is 28.8 Å². The second-order valence-electron chi connectivity index (χ2n) is 3.36. The summed E-state index contributed by atoms with van der Waals surface area (Å²) in [5.74, 6) is 1.37. The van der Waals surface area contributed by atoms with Gasteiger partial charge in [0.2, 0.25) is 5.82 Å². The maximum Gasteiger partial charge on any atom is 0.252 e. The molecule has 0 saturated heterocycles. The predicted molar refractivity (Wildman–Crippen MR) is 67.1 cm³/mol. The van der Waals surface area contributed by atoms with Crippen molar-refractivity contribution in [2.75, 3.05) is 0 Å². The number of aliphatic hydroxyl groups excluding tert-OH is 1. The quantitative estimate of drug-likeness (QED) is 0.902. The van der Waals surface area contributed by atoms with E-state index in [0.717, 1.165) is 5.75 Å². The minimum atomic E-state index is -0.252. The van der Waals surface area contributed by atoms with Crippen LogP contribution in [0, 0.1) is 6.92 Å². The zero-order valence-corrected chi connectivity index (χ0v) is 10.9. The zero-order valence-electron chi connectivity index (χ0n) is 10.9. The molecule has 5 nitrogen and oxygen atoms in total. The summed E-state index contributed by atoms with van der Waals surface area (Å²) >= 11 is 0. The van der Waals surface area contributed by atoms with E-state index in [0.29, 0.717) is 5.82 Å². The molecule has 0 aliphatic carbocycles. The largest absolute Gasteiger partial charge is 0.485 e. The molecule has 98 valence electrons. The van der Waals surface area contributed by atoms with Gasteiger partial charge in [0, 0.05) is 0 Å². The summed E-state index contributed by atoms with van der Waals surface area (Å²) in [5.41, 5.74) is 1.18. The highest BCUT2D eigenvalue weighted by molar-refractivity contribution is 5.26. The smallest absolute Gasteiger partial charge is 0.252 e. The Morgan fingerprint density at radius 3 is 2.44 bits per heavy atom. The molecule has 0 unspecified atom stereocenters. The van der Waals surface area contributed by atoms with E-state index < -0.39 is 0 Å². The number of ether oxygens (including phenoxy) is 1. The molecule has 0 radical (unpaired) electrons. The molecule has 0 spiro atoms. The van der Waals surface area contributed by atoms with Gasteiger partial charge in [-0.3, -0.25) is 0 Å². The van der Waals surface area contributed by atoms with Gasteiger partial charge in [0.25, 0.3) is 5.89 Å². The Labute approximate surface area is 106 Å². The fourth-order valence-electron chi connectivity index (χ4n) is 1.20. The molecule has 0 bridgehead atoms. The van der Waals surface area contributed by atoms with Gasteiger partial charge < -0.3 is 14.4 Å². The van der Waals surface area contributed by atoms with Gasteiger partial charge in [-0.2, -0.15) is 4.98 Å². The molecule has 18 heavy (non-hydrogen) atoms. The van der Waals surface area contributed by atoms with Crippen LogP contribution in [-0.2, 0) is 13.2 Å². The maximum atomic E-state index is 8.73. The minimum Gasteiger partial charge on any atom is -0.485 e. The Morgan fingerprint density at radius 1 is 1.22 bits per heavy atom. The second-order valence-corrected chi connectivity index (χ2v) is 3.36. The average Bonchev–Trinajstić information content (AvgIpc) is 2.88. The van der Waals surface area contributed by atoms with Crippen LogP contribution in [0.5, 0.6) is 5.75 Å². The monoisotopic (exact) mass is 250 g/mol. The van der Waals surface area contributed by atoms with E-state index in [9.17, 15) is 0 Å². The van der Waals surface area contributed by atoms with Crippen LogP contribution in [-0.4, -0.2) is 15.2 Å². The summed E-state index contributed by atoms with van der Waals surface area (Å²) in [4.78, 5) is 3.91. The molecular formula is C13H18N2O3. The van der Waals surface area contributed by atoms with E-state index in [4.69, 9.17) is 14.4 Å². The highest BCUT2D eigenvalue weighted by atomic mass is 16.5. The van der Waals surface area contributed by atoms with Crippen molar-refractivity contribution in [3.05, 3.63) is 41.5 Å². The van der Waals surface area contributed by atoms with E-state index in [1.54, 1.807) is 0 Å². The van der Waals surface area contributed by atoms with Crippen LogP contribution in [0.4, 0.5) is 0 Å². The van der Waals surface area contributed by atoms with E-state index in [1.165, 1.54) is 5.56 Å². The molecule has 1 N–H and O–H groups in total. The first kappa shape index (κ1) is 14.2. The first-order valence-electron chi connectivity index (χ1n) is 5.90. The van der Waals surface area contributed by atoms with Gasteiger partial charge in [0.05, 0.1) is 0 Å². The number of aryl methyl sites for hydroxylation is 1. The number of aliphatic hydroxyl groups is 1. The third-order valence-corrected chi connectivity index (χ3v) is 2.03. The van der Waals surface area contributed by atoms with Crippen molar-refractivity contribution >= 4 is 0 Å². The van der Waals surface area contributed by atoms with Crippen LogP contribution in [0.3, 0.4) is 0 Å². The zero-order chi connectivity index (χ0) is 13.4. The second kappa shape index (κ2) is 7.45. The minimum absolute atomic E-state index is 0.197. The van der Waals surface area contributed by atoms with Crippen LogP contribution in [0.2, 0.25) is 0 Å². The van der Waals surface area contributed by atoms with E-state index in [1.807, 2.05) is 45.0 Å². The van der Waals surface area contributed by atoms with Crippen LogP contribution < -0.4 is 4.74 Å². The van der Waals surface area contributed by atoms with Crippen molar-refractivity contribution in [1.29, 1.82) is 0 Å². The molecule has 0 aliphatic heterocycles. The van der Waals surface area contributed by atoms with Crippen molar-refractivity contribution in [3.8, 4) is 5.75 Å². The maximum absolute atomic E-state index is 8.73. The summed E-state index contributed by atoms with van der Waals surface area (Å²) in [6.45, 7) is 5.99. The van der Waals surface area contributed by atoms with Gasteiger partial charge in [-0.15, -0.1) is 0 Å². The molecule has 0 atom stereocenters. The van der Waals surface area contributed by atoms with Gasteiger partial charge in [0.1, 0.15) is 12.4 Å². The molecule has 0 saturated carbocycles. The number of aromatic nitrogens is 2. The third-order valence-electron chi connectivity index (χ3n) is 2.03.